The second kappa shape index (κ2) is 5.08. The lowest BCUT2D eigenvalue weighted by Crippen LogP contribution is -2.32. The van der Waals surface area contributed by atoms with Crippen LogP contribution < -0.4 is 0 Å². The molecule has 3 rings (SSSR count). The summed E-state index contributed by atoms with van der Waals surface area (Å²) in [6, 6.07) is 11.5. The minimum atomic E-state index is -0.859. The first-order chi connectivity index (χ1) is 10.1. The molecule has 105 valence electrons. The normalized spacial score (nSPS) is 14.0. The minimum absolute atomic E-state index is 0.170. The smallest absolute Gasteiger partial charge is 0.286 e. The molecule has 0 aromatic heterocycles. The maximum absolute atomic E-state index is 13.5. The average molecular weight is 286 g/mol. The highest BCUT2D eigenvalue weighted by Gasteiger charge is 2.38. The van der Waals surface area contributed by atoms with Crippen LogP contribution in [0, 0.1) is 12.1 Å². The molecule has 2 aromatic rings. The number of hydroxylamine groups is 2. The Kier molecular flexibility index (Phi) is 3.25. The Bertz CT molecular complexity index is 696. The van der Waals surface area contributed by atoms with Crippen LogP contribution in [0.3, 0.4) is 0 Å². The Morgan fingerprint density at radius 2 is 1.48 bits per heavy atom. The molecule has 6 heteroatoms. The van der Waals surface area contributed by atoms with Crippen molar-refractivity contribution in [3.05, 3.63) is 77.3 Å². The van der Waals surface area contributed by atoms with Crippen molar-refractivity contribution in [3.63, 3.8) is 0 Å². The van der Waals surface area contributed by atoms with Crippen LogP contribution in [0.5, 0.6) is 0 Å². The van der Waals surface area contributed by atoms with Gasteiger partial charge in [-0.3, -0.25) is 9.59 Å². The SMILES string of the molecule is O=C1c2ccccc2C(=O)N1O[C](O)c1ccccc1F. The number of hydrogen-bond acceptors (Lipinski definition) is 4. The summed E-state index contributed by atoms with van der Waals surface area (Å²) in [6.45, 7) is 0. The number of aliphatic hydroxyl groups is 1. The van der Waals surface area contributed by atoms with E-state index in [9.17, 15) is 19.1 Å². The van der Waals surface area contributed by atoms with Crippen molar-refractivity contribution in [2.45, 2.75) is 0 Å². The van der Waals surface area contributed by atoms with Crippen LogP contribution in [-0.2, 0) is 4.84 Å². The van der Waals surface area contributed by atoms with Gasteiger partial charge in [-0.25, -0.2) is 9.23 Å². The molecule has 1 heterocycles. The number of aliphatic hydroxyl groups excluding tert-OH is 1. The third-order valence-electron chi connectivity index (χ3n) is 3.04. The molecule has 0 saturated carbocycles. The van der Waals surface area contributed by atoms with E-state index in [0.717, 1.165) is 6.07 Å². The highest BCUT2D eigenvalue weighted by molar-refractivity contribution is 6.20. The zero-order chi connectivity index (χ0) is 15.0. The first-order valence-corrected chi connectivity index (χ1v) is 6.06. The molecule has 2 amide bonds. The minimum Gasteiger partial charge on any atom is -0.356 e. The number of carbonyl (C=O) groups is 2. The maximum Gasteiger partial charge on any atom is 0.286 e. The van der Waals surface area contributed by atoms with E-state index in [1.165, 1.54) is 30.3 Å². The molecule has 1 N–H and O–H groups in total. The lowest BCUT2D eigenvalue weighted by Gasteiger charge is -2.17. The van der Waals surface area contributed by atoms with Crippen molar-refractivity contribution < 1.29 is 23.9 Å². The number of carbonyl (C=O) groups excluding carboxylic acids is 2. The third kappa shape index (κ3) is 2.20. The van der Waals surface area contributed by atoms with Crippen molar-refractivity contribution >= 4 is 11.8 Å². The van der Waals surface area contributed by atoms with Gasteiger partial charge in [-0.05, 0) is 18.2 Å². The summed E-state index contributed by atoms with van der Waals surface area (Å²) in [5, 5.41) is 10.2. The first kappa shape index (κ1) is 13.4. The Morgan fingerprint density at radius 3 is 2.05 bits per heavy atom. The Hall–Kier alpha value is -2.57. The van der Waals surface area contributed by atoms with Gasteiger partial charge in [0, 0.05) is 0 Å². The Balaban J connectivity index is 1.86. The van der Waals surface area contributed by atoms with E-state index < -0.39 is 23.9 Å². The zero-order valence-corrected chi connectivity index (χ0v) is 10.6. The van der Waals surface area contributed by atoms with Gasteiger partial charge < -0.3 is 5.11 Å². The second-order valence-corrected chi connectivity index (χ2v) is 4.33. The Labute approximate surface area is 119 Å². The van der Waals surface area contributed by atoms with Crippen molar-refractivity contribution in [2.75, 3.05) is 0 Å². The molecule has 0 spiro atoms. The van der Waals surface area contributed by atoms with Crippen LogP contribution in [0.2, 0.25) is 0 Å². The van der Waals surface area contributed by atoms with Gasteiger partial charge in [0.05, 0.1) is 16.7 Å². The number of nitrogens with zero attached hydrogens (tertiary/aromatic N) is 1. The van der Waals surface area contributed by atoms with E-state index in [4.69, 9.17) is 4.84 Å². The topological polar surface area (TPSA) is 66.8 Å². The van der Waals surface area contributed by atoms with Gasteiger partial charge in [-0.1, -0.05) is 30.3 Å². The van der Waals surface area contributed by atoms with E-state index in [0.29, 0.717) is 5.06 Å². The molecule has 1 aliphatic rings. The zero-order valence-electron chi connectivity index (χ0n) is 10.6. The Morgan fingerprint density at radius 1 is 0.952 bits per heavy atom. The van der Waals surface area contributed by atoms with E-state index in [1.54, 1.807) is 12.1 Å². The quantitative estimate of drug-likeness (QED) is 0.879. The number of rotatable bonds is 3. The third-order valence-corrected chi connectivity index (χ3v) is 3.04. The maximum atomic E-state index is 13.5. The molecular formula is C15H9FNO4. The summed E-state index contributed by atoms with van der Waals surface area (Å²) in [7, 11) is 0. The van der Waals surface area contributed by atoms with Crippen LogP contribution >= 0.6 is 0 Å². The molecular weight excluding hydrogens is 277 g/mol. The molecule has 0 aliphatic carbocycles. The summed E-state index contributed by atoms with van der Waals surface area (Å²) in [6.07, 6.45) is -0.859. The fraction of sp³-hybridized carbons (Fsp3) is 0. The summed E-state index contributed by atoms with van der Waals surface area (Å²) >= 11 is 0. The van der Waals surface area contributed by atoms with Crippen LogP contribution in [0.4, 0.5) is 4.39 Å². The van der Waals surface area contributed by atoms with Crippen molar-refractivity contribution in [2.24, 2.45) is 0 Å². The summed E-state index contributed by atoms with van der Waals surface area (Å²) in [4.78, 5) is 28.9. The van der Waals surface area contributed by atoms with Crippen LogP contribution in [0.1, 0.15) is 26.3 Å². The monoisotopic (exact) mass is 286 g/mol. The van der Waals surface area contributed by atoms with Gasteiger partial charge in [0.25, 0.3) is 18.1 Å². The van der Waals surface area contributed by atoms with E-state index in [-0.39, 0.29) is 16.7 Å². The molecule has 1 aliphatic heterocycles. The van der Waals surface area contributed by atoms with Gasteiger partial charge in [-0.15, -0.1) is 5.06 Å². The molecule has 0 saturated heterocycles. The number of hydrogen-bond donors (Lipinski definition) is 1. The predicted octanol–water partition coefficient (Wildman–Crippen LogP) is 2.26. The molecule has 0 bridgehead atoms. The van der Waals surface area contributed by atoms with Crippen LogP contribution in [-0.4, -0.2) is 22.0 Å². The number of imide groups is 1. The van der Waals surface area contributed by atoms with Gasteiger partial charge in [-0.2, -0.15) is 0 Å². The lowest BCUT2D eigenvalue weighted by atomic mass is 10.1. The van der Waals surface area contributed by atoms with Crippen molar-refractivity contribution in [3.8, 4) is 0 Å². The van der Waals surface area contributed by atoms with E-state index in [2.05, 4.69) is 0 Å². The first-order valence-electron chi connectivity index (χ1n) is 6.06. The van der Waals surface area contributed by atoms with Crippen LogP contribution in [0.15, 0.2) is 48.5 Å². The molecule has 1 radical (unpaired) electrons. The lowest BCUT2D eigenvalue weighted by molar-refractivity contribution is -0.130. The highest BCUT2D eigenvalue weighted by atomic mass is 19.1. The molecule has 21 heavy (non-hydrogen) atoms. The summed E-state index contributed by atoms with van der Waals surface area (Å²) in [5.74, 6) is -2.15. The number of amides is 2. The van der Waals surface area contributed by atoms with Crippen molar-refractivity contribution in [1.29, 1.82) is 0 Å². The summed E-state index contributed by atoms with van der Waals surface area (Å²) < 4.78 is 13.5. The molecule has 5 nitrogen and oxygen atoms in total. The number of benzene rings is 2. The van der Waals surface area contributed by atoms with Gasteiger partial charge in [0.1, 0.15) is 5.82 Å². The van der Waals surface area contributed by atoms with Gasteiger partial charge >= 0.3 is 0 Å². The van der Waals surface area contributed by atoms with Gasteiger partial charge in [0.2, 0.25) is 0 Å². The van der Waals surface area contributed by atoms with E-state index >= 15 is 0 Å². The molecule has 0 atom stereocenters. The number of fused-ring (bicyclic) bond motifs is 1. The van der Waals surface area contributed by atoms with Gasteiger partial charge in [0.15, 0.2) is 0 Å². The summed E-state index contributed by atoms with van der Waals surface area (Å²) in [5.41, 5.74) is 0.0988. The fourth-order valence-corrected chi connectivity index (χ4v) is 2.02. The second-order valence-electron chi connectivity index (χ2n) is 4.33. The van der Waals surface area contributed by atoms with E-state index in [1.807, 2.05) is 0 Å². The highest BCUT2D eigenvalue weighted by Crippen LogP contribution is 2.26. The standard InChI is InChI=1S/C15H9FNO4/c16-12-8-4-3-7-11(12)15(20)21-17-13(18)9-5-1-2-6-10(9)14(17)19/h1-8,20H. The predicted molar refractivity (Wildman–Crippen MR) is 68.7 cm³/mol. The molecule has 0 unspecified atom stereocenters. The van der Waals surface area contributed by atoms with Crippen molar-refractivity contribution in [1.82, 2.24) is 5.06 Å². The van der Waals surface area contributed by atoms with Crippen LogP contribution in [0.25, 0.3) is 0 Å². The molecule has 2 aromatic carbocycles. The number of halogens is 1. The largest absolute Gasteiger partial charge is 0.356 e. The molecule has 0 fully saturated rings. The fourth-order valence-electron chi connectivity index (χ4n) is 2.02. The average Bonchev–Trinajstić information content (AvgIpc) is 2.73.